The topological polar surface area (TPSA) is 69.6 Å². The van der Waals surface area contributed by atoms with E-state index in [1.54, 1.807) is 6.92 Å². The summed E-state index contributed by atoms with van der Waals surface area (Å²) in [5, 5.41) is 11.3. The maximum absolute atomic E-state index is 11.5. The molecule has 1 saturated carbocycles. The zero-order valence-corrected chi connectivity index (χ0v) is 9.03. The van der Waals surface area contributed by atoms with Crippen molar-refractivity contribution >= 4 is 12.0 Å². The lowest BCUT2D eigenvalue weighted by Crippen LogP contribution is -2.42. The molecule has 5 heteroatoms. The molecule has 1 fully saturated rings. The Morgan fingerprint density at radius 2 is 2.13 bits per heavy atom. The molecule has 0 aromatic heterocycles. The molecule has 0 atom stereocenters. The van der Waals surface area contributed by atoms with Gasteiger partial charge in [0.2, 0.25) is 0 Å². The van der Waals surface area contributed by atoms with E-state index in [1.807, 2.05) is 0 Å². The number of carbonyl (C=O) groups excluding carboxylic acids is 1. The standard InChI is InChI=1S/C10H18N2O3/c1-2-12(7-9(13)14)10(15)11-6-5-8-3-4-8/h8H,2-7H2,1H3,(H,11,15)(H,13,14). The summed E-state index contributed by atoms with van der Waals surface area (Å²) in [4.78, 5) is 23.2. The van der Waals surface area contributed by atoms with Crippen LogP contribution in [0.3, 0.4) is 0 Å². The van der Waals surface area contributed by atoms with Crippen LogP contribution in [0.4, 0.5) is 4.79 Å². The molecule has 0 heterocycles. The second kappa shape index (κ2) is 5.58. The number of carbonyl (C=O) groups is 2. The highest BCUT2D eigenvalue weighted by Gasteiger charge is 2.21. The van der Waals surface area contributed by atoms with Gasteiger partial charge in [-0.2, -0.15) is 0 Å². The average molecular weight is 214 g/mol. The fraction of sp³-hybridized carbons (Fsp3) is 0.800. The molecule has 1 rings (SSSR count). The second-order valence-electron chi connectivity index (χ2n) is 3.87. The first-order valence-corrected chi connectivity index (χ1v) is 5.38. The molecule has 0 bridgehead atoms. The molecule has 0 aliphatic heterocycles. The maximum Gasteiger partial charge on any atom is 0.323 e. The second-order valence-corrected chi connectivity index (χ2v) is 3.87. The minimum absolute atomic E-state index is 0.230. The van der Waals surface area contributed by atoms with Gasteiger partial charge in [-0.3, -0.25) is 4.79 Å². The van der Waals surface area contributed by atoms with Crippen LogP contribution in [0.5, 0.6) is 0 Å². The van der Waals surface area contributed by atoms with Crippen molar-refractivity contribution in [3.8, 4) is 0 Å². The highest BCUT2D eigenvalue weighted by atomic mass is 16.4. The molecule has 0 unspecified atom stereocenters. The van der Waals surface area contributed by atoms with Crippen molar-refractivity contribution in [3.05, 3.63) is 0 Å². The molecule has 1 aliphatic rings. The third-order valence-electron chi connectivity index (χ3n) is 2.52. The Balaban J connectivity index is 2.18. The summed E-state index contributed by atoms with van der Waals surface area (Å²) < 4.78 is 0. The molecule has 5 nitrogen and oxygen atoms in total. The van der Waals surface area contributed by atoms with Crippen molar-refractivity contribution in [3.63, 3.8) is 0 Å². The number of nitrogens with zero attached hydrogens (tertiary/aromatic N) is 1. The Morgan fingerprint density at radius 3 is 2.60 bits per heavy atom. The Kier molecular flexibility index (Phi) is 4.39. The van der Waals surface area contributed by atoms with Crippen molar-refractivity contribution in [2.75, 3.05) is 19.6 Å². The minimum Gasteiger partial charge on any atom is -0.480 e. The summed E-state index contributed by atoms with van der Waals surface area (Å²) in [7, 11) is 0. The van der Waals surface area contributed by atoms with E-state index in [0.717, 1.165) is 12.3 Å². The highest BCUT2D eigenvalue weighted by Crippen LogP contribution is 2.31. The first-order chi connectivity index (χ1) is 7.13. The van der Waals surface area contributed by atoms with Gasteiger partial charge in [0.05, 0.1) is 0 Å². The van der Waals surface area contributed by atoms with Gasteiger partial charge in [-0.25, -0.2) is 4.79 Å². The lowest BCUT2D eigenvalue weighted by Gasteiger charge is -2.18. The van der Waals surface area contributed by atoms with Crippen LogP contribution in [-0.2, 0) is 4.79 Å². The molecule has 2 amide bonds. The van der Waals surface area contributed by atoms with Gasteiger partial charge in [0.25, 0.3) is 0 Å². The van der Waals surface area contributed by atoms with E-state index < -0.39 is 5.97 Å². The predicted molar refractivity (Wildman–Crippen MR) is 55.6 cm³/mol. The summed E-state index contributed by atoms with van der Waals surface area (Å²) in [5.74, 6) is -0.200. The van der Waals surface area contributed by atoms with Crippen LogP contribution in [0, 0.1) is 5.92 Å². The Hall–Kier alpha value is -1.26. The van der Waals surface area contributed by atoms with E-state index in [0.29, 0.717) is 13.1 Å². The quantitative estimate of drug-likeness (QED) is 0.690. The molecular weight excluding hydrogens is 196 g/mol. The summed E-state index contributed by atoms with van der Waals surface area (Å²) >= 11 is 0. The average Bonchev–Trinajstić information content (AvgIpc) is 2.97. The molecule has 2 N–H and O–H groups in total. The molecule has 0 aromatic carbocycles. The Morgan fingerprint density at radius 1 is 1.47 bits per heavy atom. The normalized spacial score (nSPS) is 14.7. The first kappa shape index (κ1) is 11.8. The zero-order chi connectivity index (χ0) is 11.3. The lowest BCUT2D eigenvalue weighted by molar-refractivity contribution is -0.137. The van der Waals surface area contributed by atoms with Crippen LogP contribution < -0.4 is 5.32 Å². The van der Waals surface area contributed by atoms with Crippen LogP contribution in [0.1, 0.15) is 26.2 Å². The van der Waals surface area contributed by atoms with E-state index >= 15 is 0 Å². The third-order valence-corrected chi connectivity index (χ3v) is 2.52. The third kappa shape index (κ3) is 4.67. The van der Waals surface area contributed by atoms with E-state index in [2.05, 4.69) is 5.32 Å². The summed E-state index contributed by atoms with van der Waals surface area (Å²) in [6, 6.07) is -0.277. The largest absolute Gasteiger partial charge is 0.480 e. The fourth-order valence-electron chi connectivity index (χ4n) is 1.39. The van der Waals surface area contributed by atoms with Crippen molar-refractivity contribution in [2.45, 2.75) is 26.2 Å². The highest BCUT2D eigenvalue weighted by molar-refractivity contribution is 5.79. The number of urea groups is 1. The SMILES string of the molecule is CCN(CC(=O)O)C(=O)NCCC1CC1. The summed E-state index contributed by atoms with van der Waals surface area (Å²) in [6.07, 6.45) is 3.54. The fourth-order valence-corrected chi connectivity index (χ4v) is 1.39. The van der Waals surface area contributed by atoms with Crippen molar-refractivity contribution < 1.29 is 14.7 Å². The van der Waals surface area contributed by atoms with Gasteiger partial charge in [-0.05, 0) is 19.3 Å². The number of aliphatic carboxylic acids is 1. The van der Waals surface area contributed by atoms with Crippen molar-refractivity contribution in [1.29, 1.82) is 0 Å². The number of likely N-dealkylation sites (N-methyl/N-ethyl adjacent to an activating group) is 1. The number of amides is 2. The van der Waals surface area contributed by atoms with Gasteiger partial charge in [0, 0.05) is 13.1 Å². The van der Waals surface area contributed by atoms with Gasteiger partial charge in [-0.15, -0.1) is 0 Å². The number of rotatable bonds is 6. The minimum atomic E-state index is -0.978. The van der Waals surface area contributed by atoms with Gasteiger partial charge >= 0.3 is 12.0 Å². The zero-order valence-electron chi connectivity index (χ0n) is 9.03. The number of hydrogen-bond acceptors (Lipinski definition) is 2. The number of nitrogens with one attached hydrogen (secondary N) is 1. The van der Waals surface area contributed by atoms with Gasteiger partial charge in [0.15, 0.2) is 0 Å². The van der Waals surface area contributed by atoms with Crippen LogP contribution in [-0.4, -0.2) is 41.6 Å². The molecule has 0 saturated heterocycles. The Labute approximate surface area is 89.4 Å². The molecule has 0 radical (unpaired) electrons. The number of carboxylic acids is 1. The summed E-state index contributed by atoms with van der Waals surface area (Å²) in [5.41, 5.74) is 0. The van der Waals surface area contributed by atoms with E-state index in [1.165, 1.54) is 17.7 Å². The molecule has 15 heavy (non-hydrogen) atoms. The van der Waals surface area contributed by atoms with E-state index in [9.17, 15) is 9.59 Å². The number of hydrogen-bond donors (Lipinski definition) is 2. The predicted octanol–water partition coefficient (Wildman–Crippen LogP) is 0.903. The van der Waals surface area contributed by atoms with E-state index in [4.69, 9.17) is 5.11 Å². The Bertz CT molecular complexity index is 239. The van der Waals surface area contributed by atoms with Gasteiger partial charge in [-0.1, -0.05) is 12.8 Å². The lowest BCUT2D eigenvalue weighted by atomic mass is 10.3. The molecule has 1 aliphatic carbocycles. The molecular formula is C10H18N2O3. The van der Waals surface area contributed by atoms with Crippen LogP contribution >= 0.6 is 0 Å². The molecule has 86 valence electrons. The van der Waals surface area contributed by atoms with Crippen LogP contribution in [0.15, 0.2) is 0 Å². The number of carboxylic acid groups (broad SMARTS) is 1. The maximum atomic E-state index is 11.5. The monoisotopic (exact) mass is 214 g/mol. The smallest absolute Gasteiger partial charge is 0.323 e. The first-order valence-electron chi connectivity index (χ1n) is 5.38. The van der Waals surface area contributed by atoms with Gasteiger partial charge < -0.3 is 15.3 Å². The molecule has 0 spiro atoms. The van der Waals surface area contributed by atoms with Gasteiger partial charge in [0.1, 0.15) is 6.54 Å². The van der Waals surface area contributed by atoms with Crippen LogP contribution in [0.25, 0.3) is 0 Å². The van der Waals surface area contributed by atoms with Crippen LogP contribution in [0.2, 0.25) is 0 Å². The van der Waals surface area contributed by atoms with Crippen molar-refractivity contribution in [2.24, 2.45) is 5.92 Å². The molecule has 0 aromatic rings. The summed E-state index contributed by atoms with van der Waals surface area (Å²) in [6.45, 7) is 2.61. The van der Waals surface area contributed by atoms with E-state index in [-0.39, 0.29) is 12.6 Å². The van der Waals surface area contributed by atoms with Crippen molar-refractivity contribution in [1.82, 2.24) is 10.2 Å².